The van der Waals surface area contributed by atoms with Crippen LogP contribution >= 0.6 is 0 Å². The zero-order valence-electron chi connectivity index (χ0n) is 12.2. The summed E-state index contributed by atoms with van der Waals surface area (Å²) in [7, 11) is -3.24. The first kappa shape index (κ1) is 14.4. The second-order valence-corrected chi connectivity index (χ2v) is 7.73. The van der Waals surface area contributed by atoms with Crippen molar-refractivity contribution >= 4 is 21.6 Å². The van der Waals surface area contributed by atoms with E-state index in [1.165, 1.54) is 10.6 Å². The van der Waals surface area contributed by atoms with Crippen molar-refractivity contribution in [3.05, 3.63) is 29.8 Å². The monoisotopic (exact) mass is 308 g/mol. The van der Waals surface area contributed by atoms with E-state index in [0.717, 1.165) is 37.2 Å². The Morgan fingerprint density at radius 2 is 2.05 bits per heavy atom. The van der Waals surface area contributed by atoms with Gasteiger partial charge >= 0.3 is 0 Å². The van der Waals surface area contributed by atoms with Crippen molar-refractivity contribution in [2.45, 2.75) is 25.2 Å². The van der Waals surface area contributed by atoms with Crippen LogP contribution in [0.5, 0.6) is 0 Å². The molecule has 21 heavy (non-hydrogen) atoms. The van der Waals surface area contributed by atoms with E-state index in [1.807, 2.05) is 29.2 Å². The SMILES string of the molecule is CS(=O)(=O)N1C[C@@H](CCN2CCCC2=O)c2ccccc21. The van der Waals surface area contributed by atoms with Crippen molar-refractivity contribution < 1.29 is 13.2 Å². The Morgan fingerprint density at radius 3 is 2.71 bits per heavy atom. The third-order valence-corrected chi connectivity index (χ3v) is 5.50. The lowest BCUT2D eigenvalue weighted by atomic mass is 9.98. The average Bonchev–Trinajstić information content (AvgIpc) is 3.00. The minimum absolute atomic E-state index is 0.171. The Balaban J connectivity index is 1.77. The van der Waals surface area contributed by atoms with E-state index in [1.54, 1.807) is 0 Å². The molecule has 2 aliphatic rings. The Morgan fingerprint density at radius 1 is 1.29 bits per heavy atom. The quantitative estimate of drug-likeness (QED) is 0.848. The Labute approximate surface area is 125 Å². The van der Waals surface area contributed by atoms with Gasteiger partial charge in [0.15, 0.2) is 0 Å². The number of likely N-dealkylation sites (tertiary alicyclic amines) is 1. The number of anilines is 1. The fourth-order valence-electron chi connectivity index (χ4n) is 3.27. The van der Waals surface area contributed by atoms with Gasteiger partial charge in [-0.25, -0.2) is 8.42 Å². The first-order chi connectivity index (χ1) is 9.97. The van der Waals surface area contributed by atoms with Gasteiger partial charge in [0.2, 0.25) is 15.9 Å². The minimum Gasteiger partial charge on any atom is -0.343 e. The van der Waals surface area contributed by atoms with E-state index < -0.39 is 10.0 Å². The number of para-hydroxylation sites is 1. The molecular formula is C15H20N2O3S. The third-order valence-electron chi connectivity index (χ3n) is 4.35. The fourth-order valence-corrected chi connectivity index (χ4v) is 4.24. The molecule has 0 saturated carbocycles. The number of carbonyl (C=O) groups excluding carboxylic acids is 1. The van der Waals surface area contributed by atoms with Gasteiger partial charge in [0.25, 0.3) is 0 Å². The van der Waals surface area contributed by atoms with Gasteiger partial charge in [-0.3, -0.25) is 9.10 Å². The number of hydrogen-bond donors (Lipinski definition) is 0. The van der Waals surface area contributed by atoms with Crippen LogP contribution in [0.15, 0.2) is 24.3 Å². The number of benzene rings is 1. The second-order valence-electron chi connectivity index (χ2n) is 5.82. The van der Waals surface area contributed by atoms with Gasteiger partial charge in [0, 0.05) is 32.0 Å². The molecule has 114 valence electrons. The van der Waals surface area contributed by atoms with Gasteiger partial charge in [-0.1, -0.05) is 18.2 Å². The molecule has 0 bridgehead atoms. The van der Waals surface area contributed by atoms with Gasteiger partial charge in [0.05, 0.1) is 11.9 Å². The van der Waals surface area contributed by atoms with E-state index in [0.29, 0.717) is 13.0 Å². The summed E-state index contributed by atoms with van der Waals surface area (Å²) in [4.78, 5) is 13.6. The van der Waals surface area contributed by atoms with E-state index in [9.17, 15) is 13.2 Å². The molecule has 1 fully saturated rings. The van der Waals surface area contributed by atoms with E-state index in [4.69, 9.17) is 0 Å². The molecule has 0 aromatic heterocycles. The lowest BCUT2D eigenvalue weighted by Gasteiger charge is -2.19. The molecule has 3 rings (SSSR count). The highest BCUT2D eigenvalue weighted by Gasteiger charge is 2.33. The zero-order chi connectivity index (χ0) is 15.0. The number of sulfonamides is 1. The first-order valence-corrected chi connectivity index (χ1v) is 9.16. The molecule has 1 amide bonds. The first-order valence-electron chi connectivity index (χ1n) is 7.31. The number of nitrogens with zero attached hydrogens (tertiary/aromatic N) is 2. The summed E-state index contributed by atoms with van der Waals surface area (Å²) < 4.78 is 25.3. The Hall–Kier alpha value is -1.56. The molecule has 1 atom stereocenters. The second kappa shape index (κ2) is 5.33. The summed E-state index contributed by atoms with van der Waals surface area (Å²) in [6.45, 7) is 2.04. The van der Waals surface area contributed by atoms with Gasteiger partial charge in [-0.2, -0.15) is 0 Å². The molecule has 5 nitrogen and oxygen atoms in total. The highest BCUT2D eigenvalue weighted by Crippen LogP contribution is 2.39. The van der Waals surface area contributed by atoms with E-state index in [-0.39, 0.29) is 11.8 Å². The van der Waals surface area contributed by atoms with Crippen molar-refractivity contribution in [3.8, 4) is 0 Å². The molecule has 0 spiro atoms. The summed E-state index contributed by atoms with van der Waals surface area (Å²) >= 11 is 0. The molecule has 2 aliphatic heterocycles. The van der Waals surface area contributed by atoms with E-state index >= 15 is 0 Å². The number of fused-ring (bicyclic) bond motifs is 1. The van der Waals surface area contributed by atoms with Gasteiger partial charge in [-0.15, -0.1) is 0 Å². The Kier molecular flexibility index (Phi) is 3.65. The van der Waals surface area contributed by atoms with Crippen molar-refractivity contribution in [2.75, 3.05) is 30.2 Å². The number of hydrogen-bond acceptors (Lipinski definition) is 3. The highest BCUT2D eigenvalue weighted by atomic mass is 32.2. The normalized spacial score (nSPS) is 22.0. The largest absolute Gasteiger partial charge is 0.343 e. The molecule has 6 heteroatoms. The van der Waals surface area contributed by atoms with Crippen LogP contribution in [-0.4, -0.2) is 45.1 Å². The highest BCUT2D eigenvalue weighted by molar-refractivity contribution is 7.92. The number of rotatable bonds is 4. The fraction of sp³-hybridized carbons (Fsp3) is 0.533. The van der Waals surface area contributed by atoms with Gasteiger partial charge in [0.1, 0.15) is 0 Å². The molecule has 0 radical (unpaired) electrons. The molecule has 0 N–H and O–H groups in total. The van der Waals surface area contributed by atoms with Crippen molar-refractivity contribution in [1.82, 2.24) is 4.90 Å². The maximum absolute atomic E-state index is 11.9. The minimum atomic E-state index is -3.24. The van der Waals surface area contributed by atoms with Crippen molar-refractivity contribution in [3.63, 3.8) is 0 Å². The van der Waals surface area contributed by atoms with Crippen molar-refractivity contribution in [1.29, 1.82) is 0 Å². The lowest BCUT2D eigenvalue weighted by molar-refractivity contribution is -0.127. The average molecular weight is 308 g/mol. The van der Waals surface area contributed by atoms with Gasteiger partial charge < -0.3 is 4.90 Å². The molecular weight excluding hydrogens is 288 g/mol. The molecule has 1 aromatic rings. The standard InChI is InChI=1S/C15H20N2O3S/c1-21(19,20)17-11-12(13-5-2-3-6-14(13)17)8-10-16-9-4-7-15(16)18/h2-3,5-6,12H,4,7-11H2,1H3/t12-/m1/s1. The predicted molar refractivity (Wildman–Crippen MR) is 81.8 cm³/mol. The van der Waals surface area contributed by atoms with E-state index in [2.05, 4.69) is 0 Å². The smallest absolute Gasteiger partial charge is 0.232 e. The molecule has 1 aromatic carbocycles. The van der Waals surface area contributed by atoms with Crippen LogP contribution in [0.2, 0.25) is 0 Å². The van der Waals surface area contributed by atoms with Crippen LogP contribution < -0.4 is 4.31 Å². The summed E-state index contributed by atoms with van der Waals surface area (Å²) in [6.07, 6.45) is 3.65. The molecule has 0 unspecified atom stereocenters. The van der Waals surface area contributed by atoms with Crippen LogP contribution in [0.1, 0.15) is 30.7 Å². The van der Waals surface area contributed by atoms with Crippen LogP contribution in [0.3, 0.4) is 0 Å². The zero-order valence-corrected chi connectivity index (χ0v) is 13.0. The van der Waals surface area contributed by atoms with Crippen LogP contribution in [0.4, 0.5) is 5.69 Å². The van der Waals surface area contributed by atoms with Crippen LogP contribution in [0.25, 0.3) is 0 Å². The summed E-state index contributed by atoms with van der Waals surface area (Å²) in [5.41, 5.74) is 1.87. The number of amides is 1. The lowest BCUT2D eigenvalue weighted by Crippen LogP contribution is -2.30. The van der Waals surface area contributed by atoms with Crippen LogP contribution in [0, 0.1) is 0 Å². The summed E-state index contributed by atoms with van der Waals surface area (Å²) in [5.74, 6) is 0.394. The maximum atomic E-state index is 11.9. The Bertz CT molecular complexity index is 657. The maximum Gasteiger partial charge on any atom is 0.232 e. The number of carbonyl (C=O) groups is 1. The summed E-state index contributed by atoms with van der Waals surface area (Å²) in [6, 6.07) is 7.66. The predicted octanol–water partition coefficient (Wildman–Crippen LogP) is 1.56. The van der Waals surface area contributed by atoms with Crippen molar-refractivity contribution in [2.24, 2.45) is 0 Å². The summed E-state index contributed by atoms with van der Waals surface area (Å²) in [5, 5.41) is 0. The van der Waals surface area contributed by atoms with Crippen LogP contribution in [-0.2, 0) is 14.8 Å². The molecule has 2 heterocycles. The van der Waals surface area contributed by atoms with Gasteiger partial charge in [-0.05, 0) is 24.5 Å². The topological polar surface area (TPSA) is 57.7 Å². The third kappa shape index (κ3) is 2.77. The molecule has 0 aliphatic carbocycles. The molecule has 1 saturated heterocycles.